The SMILES string of the molecule is O=C(OCCCCI)C(F)(F)C(F)(F)C(F)(F)C(F)(F)C(F)(F)C(F)(F)C(F)(F)F. The average molecular weight is 596 g/mol. The normalized spacial score (nSPS) is 15.3. The third-order valence-corrected chi connectivity index (χ3v) is 4.11. The topological polar surface area (TPSA) is 26.3 Å². The van der Waals surface area contributed by atoms with Gasteiger partial charge in [-0.15, -0.1) is 0 Å². The smallest absolute Gasteiger partial charge is 0.460 e. The number of unbranched alkanes of at least 4 members (excludes halogenated alkanes) is 1. The number of esters is 1. The Kier molecular flexibility index (Phi) is 8.35. The molecule has 0 heterocycles. The highest BCUT2D eigenvalue weighted by Crippen LogP contribution is 2.62. The van der Waals surface area contributed by atoms with Gasteiger partial charge in [0, 0.05) is 0 Å². The third-order valence-electron chi connectivity index (χ3n) is 3.35. The van der Waals surface area contributed by atoms with E-state index in [9.17, 15) is 70.7 Å². The summed E-state index contributed by atoms with van der Waals surface area (Å²) in [6.45, 7) is -1.14. The number of carbonyl (C=O) groups is 1. The molecule has 0 aromatic carbocycles. The molecule has 0 bridgehead atoms. The van der Waals surface area contributed by atoms with E-state index in [1.165, 1.54) is 0 Å². The van der Waals surface area contributed by atoms with E-state index in [1.54, 1.807) is 22.6 Å². The zero-order chi connectivity index (χ0) is 24.6. The maximum atomic E-state index is 13.4. The number of alkyl halides is 16. The van der Waals surface area contributed by atoms with Gasteiger partial charge in [-0.2, -0.15) is 65.9 Å². The minimum atomic E-state index is -8.42. The first kappa shape index (κ1) is 29.1. The Morgan fingerprint density at radius 3 is 1.33 bits per heavy atom. The van der Waals surface area contributed by atoms with Crippen molar-refractivity contribution < 1.29 is 75.4 Å². The van der Waals surface area contributed by atoms with Crippen LogP contribution in [0.5, 0.6) is 0 Å². The van der Waals surface area contributed by atoms with Crippen LogP contribution in [0.4, 0.5) is 65.9 Å². The standard InChI is InChI=1S/C12H8F15IO2/c13-6(14,5(29)30-4-2-1-3-28)7(15,16)8(17,18)9(19,20)10(21,22)11(23,24)12(25,26)27/h1-4H2. The zero-order valence-corrected chi connectivity index (χ0v) is 15.8. The first-order chi connectivity index (χ1) is 13.0. The second-order valence-corrected chi connectivity index (χ2v) is 6.55. The lowest BCUT2D eigenvalue weighted by Gasteiger charge is -2.40. The molecule has 0 radical (unpaired) electrons. The molecule has 0 fully saturated rings. The summed E-state index contributed by atoms with van der Waals surface area (Å²) >= 11 is 1.71. The van der Waals surface area contributed by atoms with Gasteiger partial charge in [-0.05, 0) is 17.3 Å². The van der Waals surface area contributed by atoms with Crippen LogP contribution in [0, 0.1) is 0 Å². The first-order valence-corrected chi connectivity index (χ1v) is 8.57. The average Bonchev–Trinajstić information content (AvgIpc) is 2.56. The van der Waals surface area contributed by atoms with Crippen molar-refractivity contribution in [3.05, 3.63) is 0 Å². The largest absolute Gasteiger partial charge is 0.461 e. The summed E-state index contributed by atoms with van der Waals surface area (Å²) in [5, 5.41) is 0. The van der Waals surface area contributed by atoms with Gasteiger partial charge < -0.3 is 4.74 Å². The molecule has 0 aromatic heterocycles. The Balaban J connectivity index is 6.20. The Bertz CT molecular complexity index is 613. The molecule has 0 aliphatic carbocycles. The lowest BCUT2D eigenvalue weighted by atomic mass is 9.91. The van der Waals surface area contributed by atoms with Gasteiger partial charge in [-0.3, -0.25) is 0 Å². The number of hydrogen-bond donors (Lipinski definition) is 0. The fourth-order valence-corrected chi connectivity index (χ4v) is 2.09. The van der Waals surface area contributed by atoms with Crippen LogP contribution in [-0.2, 0) is 9.53 Å². The van der Waals surface area contributed by atoms with E-state index >= 15 is 0 Å². The lowest BCUT2D eigenvalue weighted by molar-refractivity contribution is -0.450. The van der Waals surface area contributed by atoms with Crippen molar-refractivity contribution in [2.24, 2.45) is 0 Å². The number of ether oxygens (including phenoxy) is 1. The molecule has 18 heteroatoms. The fourth-order valence-electron chi connectivity index (χ4n) is 1.55. The van der Waals surface area contributed by atoms with Crippen molar-refractivity contribution in [3.63, 3.8) is 0 Å². The van der Waals surface area contributed by atoms with Crippen molar-refractivity contribution in [1.29, 1.82) is 0 Å². The summed E-state index contributed by atoms with van der Waals surface area (Å²) < 4.78 is 197. The third kappa shape index (κ3) is 4.37. The van der Waals surface area contributed by atoms with E-state index in [4.69, 9.17) is 0 Å². The molecule has 0 aromatic rings. The van der Waals surface area contributed by atoms with Gasteiger partial charge in [0.2, 0.25) is 0 Å². The maximum Gasteiger partial charge on any atom is 0.460 e. The van der Waals surface area contributed by atoms with Crippen LogP contribution < -0.4 is 0 Å². The Labute approximate surface area is 170 Å². The first-order valence-electron chi connectivity index (χ1n) is 7.05. The molecular formula is C12H8F15IO2. The monoisotopic (exact) mass is 596 g/mol. The molecule has 0 aliphatic rings. The van der Waals surface area contributed by atoms with E-state index in [1.807, 2.05) is 0 Å². The zero-order valence-electron chi connectivity index (χ0n) is 13.7. The van der Waals surface area contributed by atoms with Crippen LogP contribution >= 0.6 is 22.6 Å². The summed E-state index contributed by atoms with van der Waals surface area (Å²) in [4.78, 5) is 10.9. The molecule has 30 heavy (non-hydrogen) atoms. The van der Waals surface area contributed by atoms with E-state index in [2.05, 4.69) is 4.74 Å². The Hall–Kier alpha value is -0.850. The summed E-state index contributed by atoms with van der Waals surface area (Å²) in [5.41, 5.74) is 0. The van der Waals surface area contributed by atoms with Crippen LogP contribution in [0.25, 0.3) is 0 Å². The van der Waals surface area contributed by atoms with Gasteiger partial charge in [0.25, 0.3) is 0 Å². The highest BCUT2D eigenvalue weighted by Gasteiger charge is 2.94. The van der Waals surface area contributed by atoms with Gasteiger partial charge in [-0.1, -0.05) is 22.6 Å². The van der Waals surface area contributed by atoms with Crippen LogP contribution in [-0.4, -0.2) is 58.7 Å². The van der Waals surface area contributed by atoms with Crippen molar-refractivity contribution in [2.45, 2.75) is 54.6 Å². The van der Waals surface area contributed by atoms with Crippen LogP contribution in [0.1, 0.15) is 12.8 Å². The molecule has 2 nitrogen and oxygen atoms in total. The predicted molar refractivity (Wildman–Crippen MR) is 74.8 cm³/mol. The molecule has 0 unspecified atom stereocenters. The predicted octanol–water partition coefficient (Wildman–Crippen LogP) is 6.12. The number of rotatable bonds is 10. The number of halogens is 16. The highest BCUT2D eigenvalue weighted by atomic mass is 127. The molecule has 0 atom stereocenters. The van der Waals surface area contributed by atoms with Gasteiger partial charge in [0.15, 0.2) is 0 Å². The quantitative estimate of drug-likeness (QED) is 0.100. The molecular weight excluding hydrogens is 588 g/mol. The van der Waals surface area contributed by atoms with E-state index in [0.717, 1.165) is 0 Å². The molecule has 0 spiro atoms. The molecule has 0 saturated carbocycles. The van der Waals surface area contributed by atoms with Gasteiger partial charge >= 0.3 is 47.7 Å². The summed E-state index contributed by atoms with van der Waals surface area (Å²) in [5.74, 6) is -51.6. The van der Waals surface area contributed by atoms with Gasteiger partial charge in [0.05, 0.1) is 6.61 Å². The Morgan fingerprint density at radius 2 is 0.967 bits per heavy atom. The van der Waals surface area contributed by atoms with Crippen molar-refractivity contribution in [2.75, 3.05) is 11.0 Å². The van der Waals surface area contributed by atoms with Crippen LogP contribution in [0.2, 0.25) is 0 Å². The minimum absolute atomic E-state index is 0.1000. The second kappa shape index (κ2) is 8.59. The van der Waals surface area contributed by atoms with Crippen LogP contribution in [0.15, 0.2) is 0 Å². The van der Waals surface area contributed by atoms with Gasteiger partial charge in [0.1, 0.15) is 0 Å². The van der Waals surface area contributed by atoms with Crippen molar-refractivity contribution in [1.82, 2.24) is 0 Å². The number of hydrogen-bond acceptors (Lipinski definition) is 2. The summed E-state index contributed by atoms with van der Waals surface area (Å²) in [6.07, 6.45) is -7.90. The van der Waals surface area contributed by atoms with Crippen molar-refractivity contribution >= 4 is 28.6 Å². The summed E-state index contributed by atoms with van der Waals surface area (Å²) in [7, 11) is 0. The van der Waals surface area contributed by atoms with Crippen molar-refractivity contribution in [3.8, 4) is 0 Å². The summed E-state index contributed by atoms with van der Waals surface area (Å²) in [6, 6.07) is 0. The van der Waals surface area contributed by atoms with E-state index < -0.39 is 54.3 Å². The Morgan fingerprint density at radius 1 is 0.600 bits per heavy atom. The van der Waals surface area contributed by atoms with Gasteiger partial charge in [-0.25, -0.2) is 4.79 Å². The lowest BCUT2D eigenvalue weighted by Crippen LogP contribution is -2.73. The molecule has 0 amide bonds. The highest BCUT2D eigenvalue weighted by molar-refractivity contribution is 14.1. The molecule has 0 rings (SSSR count). The molecule has 180 valence electrons. The van der Waals surface area contributed by atoms with E-state index in [0.29, 0.717) is 4.43 Å². The molecule has 0 aliphatic heterocycles. The fraction of sp³-hybridized carbons (Fsp3) is 0.917. The maximum absolute atomic E-state index is 13.4. The van der Waals surface area contributed by atoms with E-state index in [-0.39, 0.29) is 12.8 Å². The minimum Gasteiger partial charge on any atom is -0.461 e. The molecule has 0 N–H and O–H groups in total. The molecule has 0 saturated heterocycles. The van der Waals surface area contributed by atoms with Crippen LogP contribution in [0.3, 0.4) is 0 Å². The number of carbonyl (C=O) groups excluding carboxylic acids is 1. The second-order valence-electron chi connectivity index (χ2n) is 5.48.